The molecule has 0 fully saturated rings. The Labute approximate surface area is 213 Å². The molecule has 3 aromatic carbocycles. The summed E-state index contributed by atoms with van der Waals surface area (Å²) in [6.45, 7) is 9.19. The molecule has 4 rings (SSSR count). The highest BCUT2D eigenvalue weighted by Gasteiger charge is 2.39. The second-order valence-corrected chi connectivity index (χ2v) is 8.80. The fourth-order valence-corrected chi connectivity index (χ4v) is 4.57. The van der Waals surface area contributed by atoms with Gasteiger partial charge in [-0.25, -0.2) is 9.69 Å². The number of benzene rings is 3. The SMILES string of the molecule is CCc1ccc2c(c1)N(C(=O)NC)C(=O)C2=C(Nc1cccc(CN(CC)CC)c1)c1ccccc1. The minimum atomic E-state index is -0.446. The average molecular weight is 483 g/mol. The lowest BCUT2D eigenvalue weighted by atomic mass is 9.98. The molecule has 36 heavy (non-hydrogen) atoms. The molecule has 1 heterocycles. The first-order valence-corrected chi connectivity index (χ1v) is 12.6. The van der Waals surface area contributed by atoms with Crippen LogP contribution in [-0.4, -0.2) is 37.0 Å². The monoisotopic (exact) mass is 482 g/mol. The summed E-state index contributed by atoms with van der Waals surface area (Å²) in [4.78, 5) is 30.2. The number of carbonyl (C=O) groups is 2. The molecule has 0 saturated carbocycles. The largest absolute Gasteiger partial charge is 0.354 e. The molecular formula is C30H34N4O2. The highest BCUT2D eigenvalue weighted by atomic mass is 16.2. The summed E-state index contributed by atoms with van der Waals surface area (Å²) in [6, 6.07) is 23.5. The Kier molecular flexibility index (Phi) is 7.86. The molecule has 6 heteroatoms. The molecule has 0 saturated heterocycles. The number of aryl methyl sites for hydroxylation is 1. The zero-order valence-electron chi connectivity index (χ0n) is 21.5. The van der Waals surface area contributed by atoms with E-state index in [1.807, 2.05) is 60.7 Å². The summed E-state index contributed by atoms with van der Waals surface area (Å²) < 4.78 is 0. The second-order valence-electron chi connectivity index (χ2n) is 8.80. The van der Waals surface area contributed by atoms with Gasteiger partial charge in [0, 0.05) is 24.8 Å². The molecule has 0 atom stereocenters. The number of nitrogens with zero attached hydrogens (tertiary/aromatic N) is 2. The Hall–Kier alpha value is -3.90. The van der Waals surface area contributed by atoms with E-state index >= 15 is 0 Å². The summed E-state index contributed by atoms with van der Waals surface area (Å²) in [5, 5.41) is 6.17. The molecule has 0 unspecified atom stereocenters. The van der Waals surface area contributed by atoms with Gasteiger partial charge in [-0.3, -0.25) is 9.69 Å². The Morgan fingerprint density at radius 3 is 2.31 bits per heavy atom. The van der Waals surface area contributed by atoms with E-state index in [1.165, 1.54) is 10.5 Å². The molecule has 1 aliphatic heterocycles. The van der Waals surface area contributed by atoms with E-state index in [2.05, 4.69) is 48.4 Å². The van der Waals surface area contributed by atoms with Crippen LogP contribution in [0.4, 0.5) is 16.2 Å². The van der Waals surface area contributed by atoms with Gasteiger partial charge < -0.3 is 10.6 Å². The molecule has 0 spiro atoms. The van der Waals surface area contributed by atoms with Crippen LogP contribution >= 0.6 is 0 Å². The van der Waals surface area contributed by atoms with Crippen molar-refractivity contribution in [2.24, 2.45) is 0 Å². The van der Waals surface area contributed by atoms with Crippen LogP contribution in [0.1, 0.15) is 43.0 Å². The van der Waals surface area contributed by atoms with Gasteiger partial charge in [-0.05, 0) is 54.4 Å². The molecule has 186 valence electrons. The van der Waals surface area contributed by atoms with Crippen molar-refractivity contribution in [3.8, 4) is 0 Å². The van der Waals surface area contributed by atoms with Gasteiger partial charge in [-0.2, -0.15) is 0 Å². The van der Waals surface area contributed by atoms with Crippen LogP contribution in [-0.2, 0) is 17.8 Å². The summed E-state index contributed by atoms with van der Waals surface area (Å²) in [7, 11) is 1.54. The first-order chi connectivity index (χ1) is 17.5. The summed E-state index contributed by atoms with van der Waals surface area (Å²) in [5.41, 5.74) is 6.54. The van der Waals surface area contributed by atoms with E-state index in [9.17, 15) is 9.59 Å². The molecule has 3 amide bonds. The minimum Gasteiger partial charge on any atom is -0.354 e. The number of carbonyl (C=O) groups excluding carboxylic acids is 2. The van der Waals surface area contributed by atoms with E-state index in [-0.39, 0.29) is 5.91 Å². The second kappa shape index (κ2) is 11.2. The lowest BCUT2D eigenvalue weighted by Crippen LogP contribution is -2.40. The molecule has 3 aromatic rings. The van der Waals surface area contributed by atoms with Crippen molar-refractivity contribution in [2.45, 2.75) is 33.7 Å². The standard InChI is InChI=1S/C30H34N4O2/c1-5-21-16-17-25-26(19-21)34(30(36)31-4)29(35)27(25)28(23-13-9-8-10-14-23)32-24-15-11-12-22(18-24)20-33(6-2)7-3/h8-19,32H,5-7,20H2,1-4H3,(H,31,36). The highest BCUT2D eigenvalue weighted by Crippen LogP contribution is 2.42. The fraction of sp³-hybridized carbons (Fsp3) is 0.267. The Morgan fingerprint density at radius 2 is 1.64 bits per heavy atom. The van der Waals surface area contributed by atoms with Crippen molar-refractivity contribution in [3.05, 3.63) is 95.1 Å². The molecule has 2 N–H and O–H groups in total. The first kappa shape index (κ1) is 25.2. The number of amides is 3. The minimum absolute atomic E-state index is 0.344. The summed E-state index contributed by atoms with van der Waals surface area (Å²) in [6.07, 6.45) is 0.811. The van der Waals surface area contributed by atoms with E-state index in [4.69, 9.17) is 0 Å². The maximum atomic E-state index is 13.8. The first-order valence-electron chi connectivity index (χ1n) is 12.6. The quantitative estimate of drug-likeness (QED) is 0.401. The van der Waals surface area contributed by atoms with Crippen LogP contribution in [0.3, 0.4) is 0 Å². The summed E-state index contributed by atoms with van der Waals surface area (Å²) >= 11 is 0. The normalized spacial score (nSPS) is 14.1. The van der Waals surface area contributed by atoms with E-state index < -0.39 is 6.03 Å². The third-order valence-corrected chi connectivity index (χ3v) is 6.62. The Bertz CT molecular complexity index is 1280. The van der Waals surface area contributed by atoms with Crippen molar-refractivity contribution in [1.82, 2.24) is 10.2 Å². The van der Waals surface area contributed by atoms with Crippen LogP contribution in [0.2, 0.25) is 0 Å². The van der Waals surface area contributed by atoms with Gasteiger partial charge in [0.25, 0.3) is 5.91 Å². The predicted octanol–water partition coefficient (Wildman–Crippen LogP) is 5.76. The Morgan fingerprint density at radius 1 is 0.889 bits per heavy atom. The predicted molar refractivity (Wildman–Crippen MR) is 148 cm³/mol. The van der Waals surface area contributed by atoms with Gasteiger partial charge in [0.15, 0.2) is 0 Å². The maximum Gasteiger partial charge on any atom is 0.328 e. The van der Waals surface area contributed by atoms with Crippen molar-refractivity contribution in [2.75, 3.05) is 30.4 Å². The number of anilines is 2. The van der Waals surface area contributed by atoms with Crippen LogP contribution < -0.4 is 15.5 Å². The molecule has 6 nitrogen and oxygen atoms in total. The van der Waals surface area contributed by atoms with Crippen molar-refractivity contribution < 1.29 is 9.59 Å². The highest BCUT2D eigenvalue weighted by molar-refractivity contribution is 6.43. The van der Waals surface area contributed by atoms with Gasteiger partial charge in [-0.1, -0.05) is 75.4 Å². The van der Waals surface area contributed by atoms with Gasteiger partial charge in [0.1, 0.15) is 0 Å². The fourth-order valence-electron chi connectivity index (χ4n) is 4.57. The van der Waals surface area contributed by atoms with Gasteiger partial charge in [0.05, 0.1) is 17.0 Å². The zero-order valence-corrected chi connectivity index (χ0v) is 21.5. The van der Waals surface area contributed by atoms with Crippen LogP contribution in [0.15, 0.2) is 72.8 Å². The third-order valence-electron chi connectivity index (χ3n) is 6.62. The lowest BCUT2D eigenvalue weighted by Gasteiger charge is -2.19. The molecule has 0 aliphatic carbocycles. The number of hydrogen-bond donors (Lipinski definition) is 2. The molecule has 0 aromatic heterocycles. The van der Waals surface area contributed by atoms with Gasteiger partial charge >= 0.3 is 6.03 Å². The lowest BCUT2D eigenvalue weighted by molar-refractivity contribution is -0.112. The third kappa shape index (κ3) is 5.04. The number of imide groups is 1. The molecule has 1 aliphatic rings. The van der Waals surface area contributed by atoms with Crippen LogP contribution in [0.5, 0.6) is 0 Å². The maximum absolute atomic E-state index is 13.8. The van der Waals surface area contributed by atoms with E-state index in [0.29, 0.717) is 17.0 Å². The van der Waals surface area contributed by atoms with E-state index in [0.717, 1.165) is 48.4 Å². The van der Waals surface area contributed by atoms with Crippen molar-refractivity contribution in [3.63, 3.8) is 0 Å². The average Bonchev–Trinajstić information content (AvgIpc) is 3.21. The van der Waals surface area contributed by atoms with E-state index in [1.54, 1.807) is 7.05 Å². The van der Waals surface area contributed by atoms with Crippen molar-refractivity contribution in [1.29, 1.82) is 0 Å². The number of rotatable bonds is 8. The van der Waals surface area contributed by atoms with Crippen molar-refractivity contribution >= 4 is 34.6 Å². The summed E-state index contributed by atoms with van der Waals surface area (Å²) in [5.74, 6) is -0.344. The number of nitrogens with one attached hydrogen (secondary N) is 2. The Balaban J connectivity index is 1.86. The topological polar surface area (TPSA) is 64.7 Å². The van der Waals surface area contributed by atoms with Crippen LogP contribution in [0, 0.1) is 0 Å². The molecular weight excluding hydrogens is 448 g/mol. The number of fused-ring (bicyclic) bond motifs is 1. The van der Waals surface area contributed by atoms with Gasteiger partial charge in [0.2, 0.25) is 0 Å². The number of urea groups is 1. The smallest absolute Gasteiger partial charge is 0.328 e. The number of hydrogen-bond acceptors (Lipinski definition) is 4. The zero-order chi connectivity index (χ0) is 25.7. The van der Waals surface area contributed by atoms with Gasteiger partial charge in [-0.15, -0.1) is 0 Å². The van der Waals surface area contributed by atoms with Crippen LogP contribution in [0.25, 0.3) is 11.3 Å². The molecule has 0 bridgehead atoms. The molecule has 0 radical (unpaired) electrons.